The van der Waals surface area contributed by atoms with Gasteiger partial charge in [0.25, 0.3) is 0 Å². The first-order chi connectivity index (χ1) is 7.13. The minimum Gasteiger partial charge on any atom is -0.476 e. The van der Waals surface area contributed by atoms with Gasteiger partial charge in [0.05, 0.1) is 0 Å². The number of alkyl halides is 3. The van der Waals surface area contributed by atoms with Gasteiger partial charge in [0.1, 0.15) is 0 Å². The minimum absolute atomic E-state index is 0.506. The highest BCUT2D eigenvalue weighted by molar-refractivity contribution is 7.87. The van der Waals surface area contributed by atoms with Crippen molar-refractivity contribution >= 4 is 16.1 Å². The molecule has 0 aliphatic heterocycles. The fraction of sp³-hybridized carbons (Fsp3) is 0.200. The van der Waals surface area contributed by atoms with Crippen molar-refractivity contribution < 1.29 is 35.7 Å². The van der Waals surface area contributed by atoms with E-state index in [1.54, 1.807) is 5.10 Å². The third-order valence-electron chi connectivity index (χ3n) is 1.26. The molecule has 0 amide bonds. The van der Waals surface area contributed by atoms with Crippen molar-refractivity contribution in [3.8, 4) is 5.88 Å². The molecule has 0 atom stereocenters. The summed E-state index contributed by atoms with van der Waals surface area (Å²) in [7, 11) is -5.83. The molecule has 0 saturated carbocycles. The number of carboxylic acids is 1. The van der Waals surface area contributed by atoms with E-state index in [0.29, 0.717) is 6.07 Å². The Kier molecular flexibility index (Phi) is 2.81. The SMILES string of the molecule is O=C(O)c1cc(OS(=O)(=O)C(F)(F)F)[nH]n1. The average Bonchev–Trinajstić information content (AvgIpc) is 2.49. The summed E-state index contributed by atoms with van der Waals surface area (Å²) in [6.07, 6.45) is 0. The second-order valence-corrected chi connectivity index (χ2v) is 3.94. The van der Waals surface area contributed by atoms with Crippen molar-refractivity contribution in [2.24, 2.45) is 0 Å². The largest absolute Gasteiger partial charge is 0.534 e. The highest BCUT2D eigenvalue weighted by atomic mass is 32.2. The molecule has 7 nitrogen and oxygen atoms in total. The van der Waals surface area contributed by atoms with Crippen molar-refractivity contribution in [1.29, 1.82) is 0 Å². The van der Waals surface area contributed by atoms with Gasteiger partial charge in [-0.3, -0.25) is 0 Å². The number of nitrogens with one attached hydrogen (secondary N) is 1. The summed E-state index contributed by atoms with van der Waals surface area (Å²) in [5.74, 6) is -2.48. The molecule has 1 aromatic rings. The summed E-state index contributed by atoms with van der Waals surface area (Å²) in [5.41, 5.74) is -6.27. The molecule has 0 radical (unpaired) electrons. The summed E-state index contributed by atoms with van der Waals surface area (Å²) in [6, 6.07) is 0.506. The molecule has 0 unspecified atom stereocenters. The molecule has 11 heteroatoms. The Labute approximate surface area is 86.0 Å². The van der Waals surface area contributed by atoms with Gasteiger partial charge in [-0.15, -0.1) is 0 Å². The molecule has 0 saturated heterocycles. The molecule has 0 aromatic carbocycles. The van der Waals surface area contributed by atoms with E-state index in [0.717, 1.165) is 0 Å². The third-order valence-corrected chi connectivity index (χ3v) is 2.22. The Balaban J connectivity index is 2.94. The first-order valence-corrected chi connectivity index (χ1v) is 4.84. The van der Waals surface area contributed by atoms with Crippen molar-refractivity contribution in [3.63, 3.8) is 0 Å². The second kappa shape index (κ2) is 3.66. The van der Waals surface area contributed by atoms with Crippen molar-refractivity contribution in [2.45, 2.75) is 5.51 Å². The van der Waals surface area contributed by atoms with Crippen LogP contribution in [0.3, 0.4) is 0 Å². The minimum atomic E-state index is -5.83. The van der Waals surface area contributed by atoms with Gasteiger partial charge in [-0.25, -0.2) is 9.89 Å². The zero-order valence-electron chi connectivity index (χ0n) is 7.15. The topological polar surface area (TPSA) is 109 Å². The highest BCUT2D eigenvalue weighted by Gasteiger charge is 2.48. The quantitative estimate of drug-likeness (QED) is 0.599. The molecular weight excluding hydrogens is 257 g/mol. The van der Waals surface area contributed by atoms with Gasteiger partial charge in [0.2, 0.25) is 5.88 Å². The van der Waals surface area contributed by atoms with Crippen LogP contribution in [0.15, 0.2) is 6.07 Å². The molecule has 1 rings (SSSR count). The Morgan fingerprint density at radius 2 is 2.06 bits per heavy atom. The van der Waals surface area contributed by atoms with Gasteiger partial charge in [0, 0.05) is 6.07 Å². The number of hydrogen-bond acceptors (Lipinski definition) is 5. The molecule has 90 valence electrons. The number of hydrogen-bond donors (Lipinski definition) is 2. The number of halogens is 3. The Morgan fingerprint density at radius 3 is 2.44 bits per heavy atom. The van der Waals surface area contributed by atoms with Gasteiger partial charge in [0.15, 0.2) is 5.69 Å². The van der Waals surface area contributed by atoms with Crippen LogP contribution in [0.5, 0.6) is 5.88 Å². The maximum atomic E-state index is 11.8. The van der Waals surface area contributed by atoms with Gasteiger partial charge >= 0.3 is 21.6 Å². The van der Waals surface area contributed by atoms with E-state index in [9.17, 15) is 26.4 Å². The van der Waals surface area contributed by atoms with Crippen LogP contribution < -0.4 is 4.18 Å². The summed E-state index contributed by atoms with van der Waals surface area (Å²) >= 11 is 0. The van der Waals surface area contributed by atoms with Crippen LogP contribution in [0.25, 0.3) is 0 Å². The number of aromatic nitrogens is 2. The average molecular weight is 260 g/mol. The summed E-state index contributed by atoms with van der Waals surface area (Å²) in [4.78, 5) is 10.3. The van der Waals surface area contributed by atoms with Crippen LogP contribution in [-0.4, -0.2) is 35.2 Å². The lowest BCUT2D eigenvalue weighted by atomic mass is 10.4. The first kappa shape index (κ1) is 12.3. The molecule has 1 heterocycles. The van der Waals surface area contributed by atoms with Crippen LogP contribution in [0.1, 0.15) is 10.5 Å². The van der Waals surface area contributed by atoms with E-state index in [4.69, 9.17) is 5.11 Å². The molecule has 1 aromatic heterocycles. The Morgan fingerprint density at radius 1 is 1.50 bits per heavy atom. The van der Waals surface area contributed by atoms with Crippen molar-refractivity contribution in [3.05, 3.63) is 11.8 Å². The van der Waals surface area contributed by atoms with Crippen LogP contribution in [-0.2, 0) is 10.1 Å². The number of H-pyrrole nitrogens is 1. The van der Waals surface area contributed by atoms with Gasteiger partial charge < -0.3 is 9.29 Å². The number of aromatic amines is 1. The normalized spacial score (nSPS) is 12.4. The smallest absolute Gasteiger partial charge is 0.476 e. The molecule has 0 aliphatic carbocycles. The molecular formula is C5H3F3N2O5S. The lowest BCUT2D eigenvalue weighted by Gasteiger charge is -2.06. The summed E-state index contributed by atoms with van der Waals surface area (Å²) in [5, 5.41) is 13.0. The molecule has 2 N–H and O–H groups in total. The Bertz CT molecular complexity index is 504. The standard InChI is InChI=1S/C5H3F3N2O5S/c6-5(7,8)16(13,14)15-3-1-2(4(11)12)9-10-3/h1H,(H,9,10)(H,11,12). The van der Waals surface area contributed by atoms with Crippen LogP contribution in [0.2, 0.25) is 0 Å². The molecule has 16 heavy (non-hydrogen) atoms. The number of rotatable bonds is 3. The predicted octanol–water partition coefficient (Wildman–Crippen LogP) is 0.336. The van der Waals surface area contributed by atoms with E-state index in [1.165, 1.54) is 0 Å². The first-order valence-electron chi connectivity index (χ1n) is 3.43. The van der Waals surface area contributed by atoms with Crippen LogP contribution in [0.4, 0.5) is 13.2 Å². The summed E-state index contributed by atoms with van der Waals surface area (Å²) < 4.78 is 59.9. The predicted molar refractivity (Wildman–Crippen MR) is 41.1 cm³/mol. The third kappa shape index (κ3) is 2.42. The molecule has 0 bridgehead atoms. The second-order valence-electron chi connectivity index (χ2n) is 2.41. The highest BCUT2D eigenvalue weighted by Crippen LogP contribution is 2.26. The van der Waals surface area contributed by atoms with Gasteiger partial charge in [-0.1, -0.05) is 0 Å². The van der Waals surface area contributed by atoms with Crippen LogP contribution in [0, 0.1) is 0 Å². The van der Waals surface area contributed by atoms with E-state index >= 15 is 0 Å². The Hall–Kier alpha value is -1.78. The van der Waals surface area contributed by atoms with E-state index in [1.807, 2.05) is 0 Å². The van der Waals surface area contributed by atoms with E-state index < -0.39 is 33.2 Å². The zero-order valence-corrected chi connectivity index (χ0v) is 7.96. The monoisotopic (exact) mass is 260 g/mol. The molecule has 0 fully saturated rings. The zero-order chi connectivity index (χ0) is 12.6. The fourth-order valence-corrected chi connectivity index (χ4v) is 1.04. The maximum Gasteiger partial charge on any atom is 0.534 e. The van der Waals surface area contributed by atoms with Crippen molar-refractivity contribution in [1.82, 2.24) is 10.2 Å². The van der Waals surface area contributed by atoms with Gasteiger partial charge in [-0.2, -0.15) is 26.7 Å². The lowest BCUT2D eigenvalue weighted by molar-refractivity contribution is -0.0501. The van der Waals surface area contributed by atoms with Crippen LogP contribution >= 0.6 is 0 Å². The fourth-order valence-electron chi connectivity index (χ4n) is 0.622. The number of carboxylic acid groups (broad SMARTS) is 1. The van der Waals surface area contributed by atoms with Gasteiger partial charge in [-0.05, 0) is 0 Å². The summed E-state index contributed by atoms with van der Waals surface area (Å²) in [6.45, 7) is 0. The molecule has 0 aliphatic rings. The van der Waals surface area contributed by atoms with E-state index in [-0.39, 0.29) is 0 Å². The number of aromatic carboxylic acids is 1. The van der Waals surface area contributed by atoms with E-state index in [2.05, 4.69) is 9.28 Å². The molecule has 0 spiro atoms. The lowest BCUT2D eigenvalue weighted by Crippen LogP contribution is -2.28. The van der Waals surface area contributed by atoms with Crippen molar-refractivity contribution in [2.75, 3.05) is 0 Å². The maximum absolute atomic E-state index is 11.8. The number of carbonyl (C=O) groups is 1. The number of nitrogens with zero attached hydrogens (tertiary/aromatic N) is 1.